The molecule has 0 saturated heterocycles. The molecule has 1 aliphatic heterocycles. The maximum atomic E-state index is 12.6. The predicted molar refractivity (Wildman–Crippen MR) is 113 cm³/mol. The molecule has 4 N–H and O–H groups in total. The summed E-state index contributed by atoms with van der Waals surface area (Å²) in [6.07, 6.45) is 3.69. The van der Waals surface area contributed by atoms with E-state index in [0.717, 1.165) is 13.5 Å². The quantitative estimate of drug-likeness (QED) is 0.502. The van der Waals surface area contributed by atoms with Gasteiger partial charge in [0.05, 0.1) is 0 Å². The average molecular weight is 397 g/mol. The second kappa shape index (κ2) is 15.6. The van der Waals surface area contributed by atoms with Crippen molar-refractivity contribution < 1.29 is 19.8 Å². The van der Waals surface area contributed by atoms with E-state index in [1.807, 2.05) is 20.8 Å². The van der Waals surface area contributed by atoms with E-state index in [2.05, 4.69) is 18.3 Å². The molecule has 0 aliphatic carbocycles. The molecule has 28 heavy (non-hydrogen) atoms. The molecule has 0 aromatic carbocycles. The molecule has 0 saturated carbocycles. The summed E-state index contributed by atoms with van der Waals surface area (Å²) in [6.45, 7) is 16.0. The van der Waals surface area contributed by atoms with E-state index in [0.29, 0.717) is 42.9 Å². The van der Waals surface area contributed by atoms with Crippen molar-refractivity contribution in [1.82, 2.24) is 14.7 Å². The Bertz CT molecular complexity index is 638. The molecule has 1 aromatic heterocycles. The number of nitrogens with two attached hydrogens (primary N) is 1. The van der Waals surface area contributed by atoms with Crippen LogP contribution in [0, 0.1) is 0 Å². The second-order valence-corrected chi connectivity index (χ2v) is 5.57. The van der Waals surface area contributed by atoms with Crippen LogP contribution in [0.2, 0.25) is 0 Å². The van der Waals surface area contributed by atoms with Gasteiger partial charge < -0.3 is 20.8 Å². The summed E-state index contributed by atoms with van der Waals surface area (Å²) in [5.41, 5.74) is 7.03. The van der Waals surface area contributed by atoms with Crippen LogP contribution >= 0.6 is 0 Å². The van der Waals surface area contributed by atoms with Crippen molar-refractivity contribution in [2.45, 2.75) is 47.0 Å². The lowest BCUT2D eigenvalue weighted by atomic mass is 10.0. The highest BCUT2D eigenvalue weighted by atomic mass is 16.3. The molecule has 0 radical (unpaired) electrons. The number of allylic oxidation sites excluding steroid dienone is 2. The molecule has 0 atom stereocenters. The average Bonchev–Trinajstić information content (AvgIpc) is 3.09. The zero-order valence-corrected chi connectivity index (χ0v) is 17.9. The van der Waals surface area contributed by atoms with E-state index in [1.54, 1.807) is 17.9 Å². The normalized spacial score (nSPS) is 11.5. The summed E-state index contributed by atoms with van der Waals surface area (Å²) < 4.78 is 1.40. The Balaban J connectivity index is 0. The van der Waals surface area contributed by atoms with E-state index >= 15 is 0 Å². The van der Waals surface area contributed by atoms with Gasteiger partial charge in [0.2, 0.25) is 0 Å². The van der Waals surface area contributed by atoms with Crippen molar-refractivity contribution in [2.24, 2.45) is 5.73 Å². The first-order valence-electron chi connectivity index (χ1n) is 9.38. The fraction of sp³-hybridized carbons (Fsp3) is 0.550. The molecule has 0 spiro atoms. The van der Waals surface area contributed by atoms with Crippen molar-refractivity contribution in [3.8, 4) is 0 Å². The molecule has 0 fully saturated rings. The summed E-state index contributed by atoms with van der Waals surface area (Å²) in [5.74, 6) is -0.801. The fourth-order valence-corrected chi connectivity index (χ4v) is 2.51. The van der Waals surface area contributed by atoms with Crippen LogP contribution in [0.4, 0.5) is 0 Å². The van der Waals surface area contributed by atoms with Crippen LogP contribution in [0.25, 0.3) is 5.70 Å². The second-order valence-electron chi connectivity index (χ2n) is 5.57. The van der Waals surface area contributed by atoms with Gasteiger partial charge in [-0.25, -0.2) is 4.68 Å². The maximum absolute atomic E-state index is 12.6. The van der Waals surface area contributed by atoms with Crippen molar-refractivity contribution in [3.05, 3.63) is 36.2 Å². The fourth-order valence-electron chi connectivity index (χ4n) is 2.51. The molecule has 0 unspecified atom stereocenters. The van der Waals surface area contributed by atoms with Crippen LogP contribution in [0.3, 0.4) is 0 Å². The number of hydrogen-bond acceptors (Lipinski definition) is 5. The van der Waals surface area contributed by atoms with E-state index in [9.17, 15) is 9.59 Å². The Kier molecular flexibility index (Phi) is 15.5. The minimum absolute atomic E-state index is 0.114. The van der Waals surface area contributed by atoms with Gasteiger partial charge in [0, 0.05) is 38.1 Å². The van der Waals surface area contributed by atoms with Gasteiger partial charge in [-0.05, 0) is 33.1 Å². The highest BCUT2D eigenvalue weighted by molar-refractivity contribution is 6.01. The first-order valence-corrected chi connectivity index (χ1v) is 9.38. The molecule has 1 aromatic rings. The zero-order chi connectivity index (χ0) is 22.3. The molecule has 1 aliphatic rings. The minimum Gasteiger partial charge on any atom is -0.400 e. The highest BCUT2D eigenvalue weighted by Crippen LogP contribution is 2.24. The van der Waals surface area contributed by atoms with Crippen LogP contribution in [0.5, 0.6) is 0 Å². The smallest absolute Gasteiger partial charge is 0.272 e. The minimum atomic E-state index is -0.632. The van der Waals surface area contributed by atoms with Gasteiger partial charge in [0.1, 0.15) is 5.69 Å². The number of amides is 2. The Labute approximate surface area is 168 Å². The molecule has 0 bridgehead atoms. The molecule has 2 heterocycles. The largest absolute Gasteiger partial charge is 0.400 e. The standard InChI is InChI=1S/C14H20N4O3.C3H6.C2H6.CH4O/c1-9(2)18-12-10(11(16-18)13(15)20)5-7-17(14(12)21)6-3-4-8-19;1-3-2;2*1-2/h19H,1,3-8H2,2H3,(H2,15,20);3H,1H2,2H3;1-2H3;2H,1H3. The Morgan fingerprint density at radius 2 is 1.86 bits per heavy atom. The number of carbonyl (C=O) groups is 2. The molecule has 8 heteroatoms. The van der Waals surface area contributed by atoms with E-state index in [-0.39, 0.29) is 18.2 Å². The van der Waals surface area contributed by atoms with Gasteiger partial charge in [-0.15, -0.1) is 6.58 Å². The van der Waals surface area contributed by atoms with Gasteiger partial charge in [-0.2, -0.15) is 5.10 Å². The Morgan fingerprint density at radius 1 is 1.32 bits per heavy atom. The number of primary amides is 1. The molecule has 160 valence electrons. The molecule has 2 amide bonds. The first-order chi connectivity index (χ1) is 13.4. The van der Waals surface area contributed by atoms with E-state index in [4.69, 9.17) is 15.9 Å². The first kappa shape index (κ1) is 27.8. The van der Waals surface area contributed by atoms with E-state index in [1.165, 1.54) is 4.68 Å². The van der Waals surface area contributed by atoms with Crippen LogP contribution in [-0.4, -0.2) is 63.5 Å². The van der Waals surface area contributed by atoms with Gasteiger partial charge in [-0.1, -0.05) is 26.5 Å². The third-order valence-electron chi connectivity index (χ3n) is 3.54. The monoisotopic (exact) mass is 396 g/mol. The zero-order valence-electron chi connectivity index (χ0n) is 17.9. The van der Waals surface area contributed by atoms with Gasteiger partial charge in [0.15, 0.2) is 5.69 Å². The van der Waals surface area contributed by atoms with Crippen LogP contribution in [-0.2, 0) is 6.42 Å². The molecule has 2 rings (SSSR count). The SMILES string of the molecule is C=C(C)n1nc(C(N)=O)c2c1C(=O)N(CCCCO)CC2.C=CC.CC.CO. The van der Waals surface area contributed by atoms with Gasteiger partial charge >= 0.3 is 0 Å². The summed E-state index contributed by atoms with van der Waals surface area (Å²) in [5, 5.41) is 19.9. The lowest BCUT2D eigenvalue weighted by Crippen LogP contribution is -2.39. The van der Waals surface area contributed by atoms with Gasteiger partial charge in [0.25, 0.3) is 11.8 Å². The van der Waals surface area contributed by atoms with Crippen molar-refractivity contribution in [1.29, 1.82) is 0 Å². The number of fused-ring (bicyclic) bond motifs is 1. The van der Waals surface area contributed by atoms with Crippen LogP contribution in [0.15, 0.2) is 19.2 Å². The summed E-state index contributed by atoms with van der Waals surface area (Å²) in [4.78, 5) is 25.8. The number of nitrogens with zero attached hydrogens (tertiary/aromatic N) is 3. The van der Waals surface area contributed by atoms with E-state index < -0.39 is 5.91 Å². The predicted octanol–water partition coefficient (Wildman–Crippen LogP) is 2.07. The van der Waals surface area contributed by atoms with Crippen LogP contribution in [0.1, 0.15) is 67.1 Å². The number of aliphatic hydroxyl groups excluding tert-OH is 2. The van der Waals surface area contributed by atoms with Crippen molar-refractivity contribution >= 4 is 17.5 Å². The lowest BCUT2D eigenvalue weighted by Gasteiger charge is -2.27. The summed E-state index contributed by atoms with van der Waals surface area (Å²) in [7, 11) is 1.00. The van der Waals surface area contributed by atoms with Crippen molar-refractivity contribution in [3.63, 3.8) is 0 Å². The number of hydrogen-bond donors (Lipinski definition) is 3. The molecular weight excluding hydrogens is 360 g/mol. The number of unbranched alkanes of at least 4 members (excludes halogenated alkanes) is 1. The topological polar surface area (TPSA) is 122 Å². The number of aliphatic hydroxyl groups is 2. The third kappa shape index (κ3) is 7.66. The Morgan fingerprint density at radius 3 is 2.29 bits per heavy atom. The van der Waals surface area contributed by atoms with Crippen LogP contribution < -0.4 is 5.73 Å². The van der Waals surface area contributed by atoms with Gasteiger partial charge in [-0.3, -0.25) is 9.59 Å². The Hall–Kier alpha value is -2.45. The number of carbonyl (C=O) groups excluding carboxylic acids is 2. The number of aromatic nitrogens is 2. The lowest BCUT2D eigenvalue weighted by molar-refractivity contribution is 0.0724. The third-order valence-corrected chi connectivity index (χ3v) is 3.54. The highest BCUT2D eigenvalue weighted by Gasteiger charge is 2.33. The summed E-state index contributed by atoms with van der Waals surface area (Å²) in [6, 6.07) is 0. The maximum Gasteiger partial charge on any atom is 0.272 e. The van der Waals surface area contributed by atoms with Crippen molar-refractivity contribution in [2.75, 3.05) is 26.8 Å². The summed E-state index contributed by atoms with van der Waals surface area (Å²) >= 11 is 0. The molecule has 8 nitrogen and oxygen atoms in total. The number of rotatable bonds is 6. The molecular formula is C20H36N4O4.